The van der Waals surface area contributed by atoms with Crippen LogP contribution in [0.15, 0.2) is 41.8 Å². The van der Waals surface area contributed by atoms with Gasteiger partial charge in [0.15, 0.2) is 0 Å². The van der Waals surface area contributed by atoms with E-state index >= 15 is 0 Å². The average Bonchev–Trinajstić information content (AvgIpc) is 3.42. The molecular formula is C20H22N4O2S. The number of aryl methyl sites for hydroxylation is 1. The molecule has 140 valence electrons. The van der Waals surface area contributed by atoms with Crippen LogP contribution in [0.25, 0.3) is 11.0 Å². The number of nitrogens with one attached hydrogen (secondary N) is 1. The molecule has 0 spiro atoms. The van der Waals surface area contributed by atoms with Crippen LogP contribution in [0.5, 0.6) is 0 Å². The second-order valence-corrected chi connectivity index (χ2v) is 7.65. The summed E-state index contributed by atoms with van der Waals surface area (Å²) < 4.78 is 2.04. The highest BCUT2D eigenvalue weighted by atomic mass is 32.1. The predicted octanol–water partition coefficient (Wildman–Crippen LogP) is 3.75. The fraction of sp³-hybridized carbons (Fsp3) is 0.350. The molecule has 0 radical (unpaired) electrons. The van der Waals surface area contributed by atoms with Crippen molar-refractivity contribution in [2.45, 2.75) is 38.8 Å². The fourth-order valence-electron chi connectivity index (χ4n) is 3.64. The van der Waals surface area contributed by atoms with Gasteiger partial charge in [-0.1, -0.05) is 25.1 Å². The molecule has 1 aromatic carbocycles. The number of likely N-dealkylation sites (tertiary alicyclic amines) is 1. The van der Waals surface area contributed by atoms with E-state index in [1.54, 1.807) is 11.0 Å². The topological polar surface area (TPSA) is 67.2 Å². The highest BCUT2D eigenvalue weighted by Crippen LogP contribution is 2.25. The number of fused-ring (bicyclic) bond motifs is 1. The maximum atomic E-state index is 13.0. The Morgan fingerprint density at radius 3 is 2.89 bits per heavy atom. The highest BCUT2D eigenvalue weighted by Gasteiger charge is 2.35. The maximum absolute atomic E-state index is 13.0. The normalized spacial score (nSPS) is 16.8. The summed E-state index contributed by atoms with van der Waals surface area (Å²) in [6, 6.07) is 11.1. The molecule has 6 nitrogen and oxygen atoms in total. The third-order valence-corrected chi connectivity index (χ3v) is 5.74. The second-order valence-electron chi connectivity index (χ2n) is 6.70. The van der Waals surface area contributed by atoms with Crippen LogP contribution in [0.2, 0.25) is 0 Å². The van der Waals surface area contributed by atoms with Crippen LogP contribution >= 0.6 is 11.3 Å². The van der Waals surface area contributed by atoms with Crippen LogP contribution in [0.1, 0.15) is 35.9 Å². The molecule has 7 heteroatoms. The highest BCUT2D eigenvalue weighted by molar-refractivity contribution is 7.12. The lowest BCUT2D eigenvalue weighted by Gasteiger charge is -2.23. The zero-order valence-electron chi connectivity index (χ0n) is 15.2. The van der Waals surface area contributed by atoms with E-state index in [9.17, 15) is 9.59 Å². The molecule has 1 saturated heterocycles. The second kappa shape index (κ2) is 7.52. The summed E-state index contributed by atoms with van der Waals surface area (Å²) in [5.74, 6) is 0.327. The predicted molar refractivity (Wildman–Crippen MR) is 107 cm³/mol. The standard InChI is InChI=1S/C20H22N4O2S/c1-2-11-24-15-8-4-3-7-14(15)21-20(24)22-18(25)16-9-5-12-23(16)19(26)17-10-6-13-27-17/h3-4,6-8,10,13,16H,2,5,9,11-12H2,1H3,(H,21,22,25)/t16-/m0/s1. The quantitative estimate of drug-likeness (QED) is 0.731. The summed E-state index contributed by atoms with van der Waals surface area (Å²) in [5.41, 5.74) is 1.87. The van der Waals surface area contributed by atoms with Gasteiger partial charge in [0.25, 0.3) is 5.91 Å². The molecule has 0 saturated carbocycles. The molecule has 27 heavy (non-hydrogen) atoms. The first-order valence-electron chi connectivity index (χ1n) is 9.29. The summed E-state index contributed by atoms with van der Waals surface area (Å²) in [6.45, 7) is 3.48. The molecule has 2 aromatic heterocycles. The van der Waals surface area contributed by atoms with Crippen molar-refractivity contribution in [3.63, 3.8) is 0 Å². The number of thiophene rings is 1. The van der Waals surface area contributed by atoms with Crippen LogP contribution < -0.4 is 5.32 Å². The van der Waals surface area contributed by atoms with Gasteiger partial charge in [-0.15, -0.1) is 11.3 Å². The van der Waals surface area contributed by atoms with Crippen LogP contribution in [0.3, 0.4) is 0 Å². The Hall–Kier alpha value is -2.67. The third kappa shape index (κ3) is 3.35. The summed E-state index contributed by atoms with van der Waals surface area (Å²) >= 11 is 1.41. The van der Waals surface area contributed by atoms with Gasteiger partial charge in [-0.05, 0) is 42.8 Å². The van der Waals surface area contributed by atoms with E-state index in [2.05, 4.69) is 17.2 Å². The van der Waals surface area contributed by atoms with Crippen molar-refractivity contribution in [1.82, 2.24) is 14.5 Å². The number of amides is 2. The largest absolute Gasteiger partial charge is 0.326 e. The van der Waals surface area contributed by atoms with E-state index < -0.39 is 6.04 Å². The number of aromatic nitrogens is 2. The molecule has 0 unspecified atom stereocenters. The number of para-hydroxylation sites is 2. The zero-order valence-corrected chi connectivity index (χ0v) is 16.0. The van der Waals surface area contributed by atoms with Crippen molar-refractivity contribution < 1.29 is 9.59 Å². The first-order valence-corrected chi connectivity index (χ1v) is 10.2. The Balaban J connectivity index is 1.57. The van der Waals surface area contributed by atoms with Crippen molar-refractivity contribution in [2.24, 2.45) is 0 Å². The number of hydrogen-bond acceptors (Lipinski definition) is 4. The molecule has 1 atom stereocenters. The number of anilines is 1. The van der Waals surface area contributed by atoms with E-state index in [0.717, 1.165) is 30.4 Å². The number of hydrogen-bond donors (Lipinski definition) is 1. The van der Waals surface area contributed by atoms with Gasteiger partial charge in [-0.25, -0.2) is 4.98 Å². The third-order valence-electron chi connectivity index (χ3n) is 4.89. The minimum absolute atomic E-state index is 0.0651. The van der Waals surface area contributed by atoms with Gasteiger partial charge in [-0.3, -0.25) is 14.9 Å². The smallest absolute Gasteiger partial charge is 0.264 e. The van der Waals surface area contributed by atoms with Crippen molar-refractivity contribution in [3.05, 3.63) is 46.7 Å². The summed E-state index contributed by atoms with van der Waals surface area (Å²) in [6.07, 6.45) is 2.45. The molecule has 3 aromatic rings. The number of carbonyl (C=O) groups is 2. The molecule has 3 heterocycles. The van der Waals surface area contributed by atoms with Crippen LogP contribution in [0, 0.1) is 0 Å². The van der Waals surface area contributed by atoms with Crippen LogP contribution in [-0.4, -0.2) is 38.9 Å². The Kier molecular flexibility index (Phi) is 4.94. The van der Waals surface area contributed by atoms with Gasteiger partial charge < -0.3 is 9.47 Å². The van der Waals surface area contributed by atoms with Gasteiger partial charge in [0, 0.05) is 13.1 Å². The van der Waals surface area contributed by atoms with E-state index in [1.165, 1.54) is 11.3 Å². The van der Waals surface area contributed by atoms with E-state index in [-0.39, 0.29) is 11.8 Å². The number of rotatable bonds is 5. The molecule has 1 aliphatic rings. The molecular weight excluding hydrogens is 360 g/mol. The summed E-state index contributed by atoms with van der Waals surface area (Å²) in [7, 11) is 0. The number of carbonyl (C=O) groups excluding carboxylic acids is 2. The fourth-order valence-corrected chi connectivity index (χ4v) is 4.32. The zero-order chi connectivity index (χ0) is 18.8. The monoisotopic (exact) mass is 382 g/mol. The van der Waals surface area contributed by atoms with Crippen molar-refractivity contribution in [3.8, 4) is 0 Å². The van der Waals surface area contributed by atoms with Crippen LogP contribution in [0.4, 0.5) is 5.95 Å². The minimum atomic E-state index is -0.450. The Bertz CT molecular complexity index is 964. The Morgan fingerprint density at radius 2 is 2.11 bits per heavy atom. The lowest BCUT2D eigenvalue weighted by atomic mass is 10.2. The SMILES string of the molecule is CCCn1c(NC(=O)[C@@H]2CCCN2C(=O)c2cccs2)nc2ccccc21. The molecule has 1 N–H and O–H groups in total. The van der Waals surface area contributed by atoms with Gasteiger partial charge in [0.2, 0.25) is 11.9 Å². The first kappa shape index (κ1) is 17.7. The Morgan fingerprint density at radius 1 is 1.26 bits per heavy atom. The van der Waals surface area contributed by atoms with Crippen molar-refractivity contribution >= 4 is 40.1 Å². The number of nitrogens with zero attached hydrogens (tertiary/aromatic N) is 3. The molecule has 0 bridgehead atoms. The van der Waals surface area contributed by atoms with E-state index in [1.807, 2.05) is 40.3 Å². The van der Waals surface area contributed by atoms with E-state index in [0.29, 0.717) is 23.8 Å². The first-order chi connectivity index (χ1) is 13.2. The average molecular weight is 382 g/mol. The van der Waals surface area contributed by atoms with E-state index in [4.69, 9.17) is 0 Å². The summed E-state index contributed by atoms with van der Waals surface area (Å²) in [4.78, 5) is 32.7. The lowest BCUT2D eigenvalue weighted by Crippen LogP contribution is -2.43. The van der Waals surface area contributed by atoms with Crippen molar-refractivity contribution in [2.75, 3.05) is 11.9 Å². The molecule has 2 amide bonds. The molecule has 4 rings (SSSR count). The Labute approximate surface area is 161 Å². The van der Waals surface area contributed by atoms with Gasteiger partial charge in [-0.2, -0.15) is 0 Å². The molecule has 0 aliphatic carbocycles. The number of imidazole rings is 1. The van der Waals surface area contributed by atoms with Gasteiger partial charge in [0.1, 0.15) is 6.04 Å². The molecule has 1 aliphatic heterocycles. The summed E-state index contributed by atoms with van der Waals surface area (Å²) in [5, 5.41) is 4.86. The van der Waals surface area contributed by atoms with Gasteiger partial charge >= 0.3 is 0 Å². The lowest BCUT2D eigenvalue weighted by molar-refractivity contribution is -0.119. The maximum Gasteiger partial charge on any atom is 0.264 e. The number of benzene rings is 1. The molecule has 1 fully saturated rings. The van der Waals surface area contributed by atoms with Crippen molar-refractivity contribution in [1.29, 1.82) is 0 Å². The van der Waals surface area contributed by atoms with Crippen LogP contribution in [-0.2, 0) is 11.3 Å². The van der Waals surface area contributed by atoms with Gasteiger partial charge in [0.05, 0.1) is 15.9 Å². The minimum Gasteiger partial charge on any atom is -0.326 e.